The fourth-order valence-corrected chi connectivity index (χ4v) is 1.99. The maximum atomic E-state index is 11.9. The van der Waals surface area contributed by atoms with E-state index in [4.69, 9.17) is 4.74 Å². The number of nitrogens with one attached hydrogen (secondary N) is 1. The third-order valence-electron chi connectivity index (χ3n) is 3.03. The van der Waals surface area contributed by atoms with Crippen LogP contribution in [0.2, 0.25) is 0 Å². The van der Waals surface area contributed by atoms with E-state index in [2.05, 4.69) is 5.32 Å². The van der Waals surface area contributed by atoms with Crippen LogP contribution in [0.3, 0.4) is 0 Å². The molecule has 0 saturated carbocycles. The fraction of sp³-hybridized carbons (Fsp3) is 0.231. The van der Waals surface area contributed by atoms with Crippen molar-refractivity contribution >= 4 is 11.7 Å². The van der Waals surface area contributed by atoms with Crippen LogP contribution >= 0.6 is 0 Å². The van der Waals surface area contributed by atoms with E-state index >= 15 is 0 Å². The summed E-state index contributed by atoms with van der Waals surface area (Å²) in [6.45, 7) is 0. The van der Waals surface area contributed by atoms with Crippen LogP contribution in [0.5, 0.6) is 0 Å². The fourth-order valence-electron chi connectivity index (χ4n) is 1.99. The minimum Gasteiger partial charge on any atom is -0.384 e. The van der Waals surface area contributed by atoms with Crippen molar-refractivity contribution in [1.82, 2.24) is 5.32 Å². The lowest BCUT2D eigenvalue weighted by Crippen LogP contribution is -2.37. The van der Waals surface area contributed by atoms with Crippen molar-refractivity contribution in [2.24, 2.45) is 0 Å². The minimum atomic E-state index is -0.944. The van der Waals surface area contributed by atoms with Crippen LogP contribution < -0.4 is 5.32 Å². The van der Waals surface area contributed by atoms with Crippen molar-refractivity contribution < 1.29 is 19.4 Å². The van der Waals surface area contributed by atoms with E-state index in [0.29, 0.717) is 5.56 Å². The Bertz CT molecular complexity index is 537. The smallest absolute Gasteiger partial charge is 0.255 e. The van der Waals surface area contributed by atoms with Gasteiger partial charge in [-0.05, 0) is 12.1 Å². The van der Waals surface area contributed by atoms with Crippen molar-refractivity contribution in [3.05, 3.63) is 47.7 Å². The molecule has 1 heterocycles. The summed E-state index contributed by atoms with van der Waals surface area (Å²) < 4.78 is 5.02. The molecule has 2 N–H and O–H groups in total. The van der Waals surface area contributed by atoms with Crippen LogP contribution in [0.1, 0.15) is 10.4 Å². The Balaban J connectivity index is 1.77. The molecule has 0 bridgehead atoms. The van der Waals surface area contributed by atoms with E-state index in [9.17, 15) is 14.7 Å². The van der Waals surface area contributed by atoms with Crippen molar-refractivity contribution in [3.63, 3.8) is 0 Å². The Morgan fingerprint density at radius 1 is 1.28 bits per heavy atom. The van der Waals surface area contributed by atoms with Gasteiger partial charge in [0, 0.05) is 11.6 Å². The molecule has 0 aromatic heterocycles. The van der Waals surface area contributed by atoms with Crippen LogP contribution in [0, 0.1) is 0 Å². The molecule has 1 aromatic rings. The molecule has 0 unspecified atom stereocenters. The summed E-state index contributed by atoms with van der Waals surface area (Å²) in [6, 6.07) is 8.60. The van der Waals surface area contributed by atoms with Gasteiger partial charge in [0.2, 0.25) is 0 Å². The number of ketones is 1. The van der Waals surface area contributed by atoms with E-state index < -0.39 is 18.3 Å². The highest BCUT2D eigenvalue weighted by Crippen LogP contribution is 2.33. The Labute approximate surface area is 103 Å². The van der Waals surface area contributed by atoms with E-state index in [-0.39, 0.29) is 17.4 Å². The monoisotopic (exact) mass is 245 g/mol. The first-order valence-electron chi connectivity index (χ1n) is 5.62. The number of fused-ring (bicyclic) bond motifs is 1. The number of rotatable bonds is 2. The van der Waals surface area contributed by atoms with Crippen LogP contribution in [0.25, 0.3) is 0 Å². The molecule has 2 aliphatic rings. The van der Waals surface area contributed by atoms with Gasteiger partial charge < -0.3 is 15.2 Å². The van der Waals surface area contributed by atoms with Gasteiger partial charge in [0.05, 0.1) is 5.70 Å². The summed E-state index contributed by atoms with van der Waals surface area (Å²) in [5, 5.41) is 12.4. The Morgan fingerprint density at radius 3 is 2.72 bits per heavy atom. The molecule has 1 fully saturated rings. The van der Waals surface area contributed by atoms with Gasteiger partial charge in [0.15, 0.2) is 5.78 Å². The Hall–Kier alpha value is -1.98. The average Bonchev–Trinajstić information content (AvgIpc) is 3.17. The second kappa shape index (κ2) is 4.04. The number of aliphatic hydroxyl groups excluding tert-OH is 1. The van der Waals surface area contributed by atoms with Crippen molar-refractivity contribution in [3.8, 4) is 0 Å². The summed E-state index contributed by atoms with van der Waals surface area (Å²) in [5.74, 6) is -0.568. The normalized spacial score (nSPS) is 29.3. The van der Waals surface area contributed by atoms with Crippen molar-refractivity contribution in [1.29, 1.82) is 0 Å². The van der Waals surface area contributed by atoms with Crippen molar-refractivity contribution in [2.45, 2.75) is 18.3 Å². The number of epoxide rings is 1. The highest BCUT2D eigenvalue weighted by atomic mass is 16.6. The second-order valence-electron chi connectivity index (χ2n) is 4.29. The van der Waals surface area contributed by atoms with Gasteiger partial charge in [-0.1, -0.05) is 18.2 Å². The SMILES string of the molecule is O=C(NC1=CC(=O)[C@H]2O[C@H]2[C@H]1O)c1ccccc1. The molecule has 1 aromatic carbocycles. The molecule has 3 atom stereocenters. The molecule has 92 valence electrons. The first kappa shape index (κ1) is 11.1. The zero-order valence-electron chi connectivity index (χ0n) is 9.37. The third kappa shape index (κ3) is 1.83. The topological polar surface area (TPSA) is 78.9 Å². The summed E-state index contributed by atoms with van der Waals surface area (Å²) in [7, 11) is 0. The lowest BCUT2D eigenvalue weighted by Gasteiger charge is -2.16. The second-order valence-corrected chi connectivity index (χ2v) is 4.29. The quantitative estimate of drug-likeness (QED) is 0.719. The lowest BCUT2D eigenvalue weighted by molar-refractivity contribution is -0.116. The van der Waals surface area contributed by atoms with Crippen LogP contribution in [-0.4, -0.2) is 35.1 Å². The predicted molar refractivity (Wildman–Crippen MR) is 61.7 cm³/mol. The Morgan fingerprint density at radius 2 is 2.00 bits per heavy atom. The number of aliphatic hydroxyl groups is 1. The Kier molecular flexibility index (Phi) is 2.50. The summed E-state index contributed by atoms with van der Waals surface area (Å²) in [4.78, 5) is 23.3. The molecule has 1 amide bonds. The van der Waals surface area contributed by atoms with E-state index in [1.165, 1.54) is 6.08 Å². The first-order valence-corrected chi connectivity index (χ1v) is 5.62. The van der Waals surface area contributed by atoms with E-state index in [1.807, 2.05) is 0 Å². The van der Waals surface area contributed by atoms with Gasteiger partial charge in [-0.15, -0.1) is 0 Å². The molecule has 0 radical (unpaired) electrons. The predicted octanol–water partition coefficient (Wildman–Crippen LogP) is 0.0113. The number of ether oxygens (including phenoxy) is 1. The average molecular weight is 245 g/mol. The van der Waals surface area contributed by atoms with Gasteiger partial charge in [-0.2, -0.15) is 0 Å². The molecule has 0 spiro atoms. The number of benzene rings is 1. The number of carbonyl (C=O) groups excluding carboxylic acids is 2. The first-order chi connectivity index (χ1) is 8.66. The molecule has 1 saturated heterocycles. The molecule has 1 aliphatic carbocycles. The zero-order valence-corrected chi connectivity index (χ0v) is 9.37. The van der Waals surface area contributed by atoms with Gasteiger partial charge in [-0.25, -0.2) is 0 Å². The third-order valence-corrected chi connectivity index (χ3v) is 3.03. The van der Waals surface area contributed by atoms with E-state index in [1.54, 1.807) is 30.3 Å². The molecule has 1 aliphatic heterocycles. The van der Waals surface area contributed by atoms with Gasteiger partial charge in [0.1, 0.15) is 18.3 Å². The number of amides is 1. The number of carbonyl (C=O) groups is 2. The van der Waals surface area contributed by atoms with Crippen molar-refractivity contribution in [2.75, 3.05) is 0 Å². The van der Waals surface area contributed by atoms with Gasteiger partial charge >= 0.3 is 0 Å². The molecule has 18 heavy (non-hydrogen) atoms. The highest BCUT2D eigenvalue weighted by Gasteiger charge is 2.53. The van der Waals surface area contributed by atoms with Gasteiger partial charge in [-0.3, -0.25) is 9.59 Å². The summed E-state index contributed by atoms with van der Waals surface area (Å²) >= 11 is 0. The number of hydrogen-bond donors (Lipinski definition) is 2. The molecular formula is C13H11NO4. The molecular weight excluding hydrogens is 234 g/mol. The number of hydrogen-bond acceptors (Lipinski definition) is 4. The zero-order chi connectivity index (χ0) is 12.7. The summed E-state index contributed by atoms with van der Waals surface area (Å²) in [5.41, 5.74) is 0.671. The maximum absolute atomic E-state index is 11.9. The largest absolute Gasteiger partial charge is 0.384 e. The van der Waals surface area contributed by atoms with Crippen LogP contribution in [-0.2, 0) is 9.53 Å². The molecule has 5 heteroatoms. The standard InChI is InChI=1S/C13H11NO4/c15-9-6-8(10(16)12-11(9)18-12)14-13(17)7-4-2-1-3-5-7/h1-6,10-12,16H,(H,14,17)/t10-,11+,12-/m0/s1. The van der Waals surface area contributed by atoms with Gasteiger partial charge in [0.25, 0.3) is 5.91 Å². The van der Waals surface area contributed by atoms with Crippen LogP contribution in [0.15, 0.2) is 42.1 Å². The maximum Gasteiger partial charge on any atom is 0.255 e. The highest BCUT2D eigenvalue weighted by molar-refractivity contribution is 6.00. The van der Waals surface area contributed by atoms with Crippen LogP contribution in [0.4, 0.5) is 0 Å². The minimum absolute atomic E-state index is 0.201. The molecule has 3 rings (SSSR count). The van der Waals surface area contributed by atoms with E-state index in [0.717, 1.165) is 0 Å². The lowest BCUT2D eigenvalue weighted by atomic mass is 10.0. The summed E-state index contributed by atoms with van der Waals surface area (Å²) in [6.07, 6.45) is -0.744. The molecule has 5 nitrogen and oxygen atoms in total.